The normalized spacial score (nSPS) is 17.0. The molecule has 3 heteroatoms. The van der Waals surface area contributed by atoms with Crippen LogP contribution < -0.4 is 0 Å². The molecular weight excluding hydrogens is 595 g/mol. The lowest BCUT2D eigenvalue weighted by atomic mass is 9.85. The number of aliphatic imine (C=N–C) groups is 2. The zero-order chi connectivity index (χ0) is 33.6. The van der Waals surface area contributed by atoms with Crippen molar-refractivity contribution in [3.8, 4) is 0 Å². The lowest BCUT2D eigenvalue weighted by Crippen LogP contribution is -2.08. The van der Waals surface area contributed by atoms with Crippen LogP contribution in [0.2, 0.25) is 0 Å². The Balaban J connectivity index is 1.30. The van der Waals surface area contributed by atoms with Crippen LogP contribution in [0.5, 0.6) is 0 Å². The van der Waals surface area contributed by atoms with Gasteiger partial charge in [0.25, 0.3) is 0 Å². The zero-order valence-corrected chi connectivity index (χ0v) is 28.6. The summed E-state index contributed by atoms with van der Waals surface area (Å²) >= 11 is 0. The first kappa shape index (κ1) is 32.2. The Morgan fingerprint density at radius 1 is 0.816 bits per heavy atom. The number of rotatable bonds is 9. The minimum atomic E-state index is 0.589. The molecule has 4 aromatic rings. The maximum absolute atomic E-state index is 5.31. The summed E-state index contributed by atoms with van der Waals surface area (Å²) in [6.45, 7) is 9.12. The van der Waals surface area contributed by atoms with E-state index in [2.05, 4.69) is 147 Å². The van der Waals surface area contributed by atoms with Gasteiger partial charge in [0.15, 0.2) is 0 Å². The molecule has 7 rings (SSSR count). The van der Waals surface area contributed by atoms with Gasteiger partial charge < -0.3 is 0 Å². The number of pyridine rings is 1. The Kier molecular flexibility index (Phi) is 9.70. The van der Waals surface area contributed by atoms with E-state index in [0.29, 0.717) is 6.54 Å². The van der Waals surface area contributed by atoms with Gasteiger partial charge in [0.2, 0.25) is 0 Å². The van der Waals surface area contributed by atoms with E-state index in [9.17, 15) is 0 Å². The van der Waals surface area contributed by atoms with Gasteiger partial charge in [-0.1, -0.05) is 115 Å². The minimum Gasteiger partial charge on any atom is -0.280 e. The second-order valence-corrected chi connectivity index (χ2v) is 13.1. The van der Waals surface area contributed by atoms with Crippen molar-refractivity contribution in [3.63, 3.8) is 0 Å². The first-order chi connectivity index (χ1) is 24.1. The predicted octanol–water partition coefficient (Wildman–Crippen LogP) is 11.8. The van der Waals surface area contributed by atoms with Crippen LogP contribution in [0.1, 0.15) is 73.4 Å². The highest BCUT2D eigenvalue weighted by Gasteiger charge is 2.21. The lowest BCUT2D eigenvalue weighted by molar-refractivity contribution is 0.966. The number of fused-ring (bicyclic) bond motifs is 1. The molecule has 3 aliphatic carbocycles. The largest absolute Gasteiger partial charge is 0.280 e. The molecule has 0 unspecified atom stereocenters. The third-order valence-corrected chi connectivity index (χ3v) is 9.88. The van der Waals surface area contributed by atoms with E-state index < -0.39 is 0 Å². The molecule has 0 bridgehead atoms. The quantitative estimate of drug-likeness (QED) is 0.168. The average Bonchev–Trinajstić information content (AvgIpc) is 3.16. The highest BCUT2D eigenvalue weighted by molar-refractivity contribution is 6.12. The van der Waals surface area contributed by atoms with Crippen LogP contribution in [0.25, 0.3) is 27.6 Å². The van der Waals surface area contributed by atoms with E-state index in [-0.39, 0.29) is 0 Å². The molecule has 3 aromatic carbocycles. The topological polar surface area (TPSA) is 37.6 Å². The Labute approximate surface area is 291 Å². The van der Waals surface area contributed by atoms with Crippen molar-refractivity contribution in [3.05, 3.63) is 178 Å². The molecule has 0 N–H and O–H groups in total. The van der Waals surface area contributed by atoms with Gasteiger partial charge in [0.05, 0.1) is 29.2 Å². The molecule has 49 heavy (non-hydrogen) atoms. The Morgan fingerprint density at radius 2 is 1.59 bits per heavy atom. The van der Waals surface area contributed by atoms with Gasteiger partial charge >= 0.3 is 0 Å². The first-order valence-electron chi connectivity index (χ1n) is 17.5. The summed E-state index contributed by atoms with van der Waals surface area (Å²) in [5.41, 5.74) is 16.6. The Hall–Kier alpha value is -5.41. The molecule has 0 aliphatic heterocycles. The van der Waals surface area contributed by atoms with Crippen molar-refractivity contribution in [2.24, 2.45) is 9.98 Å². The molecule has 0 saturated carbocycles. The van der Waals surface area contributed by atoms with Crippen molar-refractivity contribution in [2.75, 3.05) is 0 Å². The molecule has 0 atom stereocenters. The molecule has 242 valence electrons. The molecule has 0 fully saturated rings. The standard InChI is InChI=1S/C46H43N3/c1-32-15-10-11-22-40(32)45-33(2)46(49-42-24-13-12-23-41(42)45)39-21-14-20-38(29-39)44(48-31-34-16-6-4-7-17-34)30-43(47-3)37-27-25-36(26-28-37)35-18-8-5-9-19-35/h4-9,11-13,16-20,22-25,27,29-30H,3,10,14-15,21,26,28,31H2,1-2H3/b43-30-,48-44?. The van der Waals surface area contributed by atoms with Crippen LogP contribution in [-0.2, 0) is 6.54 Å². The third kappa shape index (κ3) is 7.07. The van der Waals surface area contributed by atoms with E-state index in [1.807, 2.05) is 6.07 Å². The minimum absolute atomic E-state index is 0.589. The van der Waals surface area contributed by atoms with Crippen molar-refractivity contribution in [1.82, 2.24) is 4.98 Å². The fourth-order valence-electron chi connectivity index (χ4n) is 7.20. The van der Waals surface area contributed by atoms with Gasteiger partial charge in [0.1, 0.15) is 0 Å². The number of benzene rings is 3. The SMILES string of the molecule is C=N/C(=C\C(=NCc1ccccc1)C1=CCCC(c2nc3ccccc3c(C3=C(C)CCC=C3)c2C)=C1)C1=CC=C(c2ccccc2)CC1. The van der Waals surface area contributed by atoms with E-state index >= 15 is 0 Å². The smallest absolute Gasteiger partial charge is 0.0715 e. The summed E-state index contributed by atoms with van der Waals surface area (Å²) in [7, 11) is 0. The van der Waals surface area contributed by atoms with Gasteiger partial charge in [-0.3, -0.25) is 9.98 Å². The summed E-state index contributed by atoms with van der Waals surface area (Å²) in [4.78, 5) is 15.1. The predicted molar refractivity (Wildman–Crippen MR) is 210 cm³/mol. The maximum atomic E-state index is 5.31. The molecule has 0 radical (unpaired) electrons. The van der Waals surface area contributed by atoms with Gasteiger partial charge in [-0.25, -0.2) is 4.98 Å². The fourth-order valence-corrected chi connectivity index (χ4v) is 7.20. The number of nitrogens with zero attached hydrogens (tertiary/aromatic N) is 3. The van der Waals surface area contributed by atoms with Crippen LogP contribution >= 0.6 is 0 Å². The van der Waals surface area contributed by atoms with Gasteiger partial charge in [0, 0.05) is 5.39 Å². The average molecular weight is 638 g/mol. The summed E-state index contributed by atoms with van der Waals surface area (Å²) in [5, 5.41) is 1.22. The van der Waals surface area contributed by atoms with Crippen molar-refractivity contribution in [2.45, 2.75) is 58.9 Å². The van der Waals surface area contributed by atoms with Crippen LogP contribution in [0.15, 0.2) is 160 Å². The number of aromatic nitrogens is 1. The molecular formula is C46H43N3. The fraction of sp³-hybridized carbons (Fsp3) is 0.196. The monoisotopic (exact) mass is 637 g/mol. The van der Waals surface area contributed by atoms with Gasteiger partial charge in [-0.2, -0.15) is 0 Å². The Bertz CT molecular complexity index is 2150. The summed E-state index contributed by atoms with van der Waals surface area (Å²) in [6.07, 6.45) is 21.8. The summed E-state index contributed by atoms with van der Waals surface area (Å²) in [6, 6.07) is 29.7. The number of hydrogen-bond acceptors (Lipinski definition) is 3. The van der Waals surface area contributed by atoms with Crippen molar-refractivity contribution < 1.29 is 0 Å². The zero-order valence-electron chi connectivity index (χ0n) is 28.6. The molecule has 1 aromatic heterocycles. The van der Waals surface area contributed by atoms with Crippen molar-refractivity contribution in [1.29, 1.82) is 0 Å². The van der Waals surface area contributed by atoms with Crippen LogP contribution in [0, 0.1) is 6.92 Å². The molecule has 3 aliphatic rings. The van der Waals surface area contributed by atoms with Gasteiger partial charge in [-0.05, 0) is 127 Å². The van der Waals surface area contributed by atoms with Gasteiger partial charge in [-0.15, -0.1) is 0 Å². The van der Waals surface area contributed by atoms with Crippen LogP contribution in [-0.4, -0.2) is 17.4 Å². The van der Waals surface area contributed by atoms with Crippen LogP contribution in [0.4, 0.5) is 0 Å². The summed E-state index contributed by atoms with van der Waals surface area (Å²) in [5.74, 6) is 0. The molecule has 1 heterocycles. The number of para-hydroxylation sites is 1. The summed E-state index contributed by atoms with van der Waals surface area (Å²) < 4.78 is 0. The van der Waals surface area contributed by atoms with E-state index in [4.69, 9.17) is 9.98 Å². The Morgan fingerprint density at radius 3 is 2.35 bits per heavy atom. The van der Waals surface area contributed by atoms with Crippen LogP contribution in [0.3, 0.4) is 0 Å². The second-order valence-electron chi connectivity index (χ2n) is 13.1. The van der Waals surface area contributed by atoms with E-state index in [1.54, 1.807) is 0 Å². The second kappa shape index (κ2) is 14.8. The molecule has 0 amide bonds. The van der Waals surface area contributed by atoms with Crippen molar-refractivity contribution >= 4 is 40.1 Å². The lowest BCUT2D eigenvalue weighted by Gasteiger charge is -2.22. The first-order valence-corrected chi connectivity index (χ1v) is 17.5. The maximum Gasteiger partial charge on any atom is 0.0715 e. The third-order valence-electron chi connectivity index (χ3n) is 9.88. The highest BCUT2D eigenvalue weighted by Crippen LogP contribution is 2.39. The van der Waals surface area contributed by atoms with E-state index in [1.165, 1.54) is 55.5 Å². The van der Waals surface area contributed by atoms with E-state index in [0.717, 1.165) is 66.7 Å². The highest BCUT2D eigenvalue weighted by atomic mass is 14.8. The molecule has 0 saturated heterocycles. The molecule has 0 spiro atoms. The molecule has 3 nitrogen and oxygen atoms in total. The number of allylic oxidation sites excluding steroid dienone is 13. The number of hydrogen-bond donors (Lipinski definition) is 0.